The molecule has 2 atom stereocenters. The van der Waals surface area contributed by atoms with Gasteiger partial charge < -0.3 is 0 Å². The van der Waals surface area contributed by atoms with Gasteiger partial charge in [0.25, 0.3) is 0 Å². The van der Waals surface area contributed by atoms with Crippen LogP contribution in [-0.4, -0.2) is 5.92 Å². The molecule has 0 saturated heterocycles. The Morgan fingerprint density at radius 3 is 1.25 bits per heavy atom. The minimum absolute atomic E-state index is 0.0968. The summed E-state index contributed by atoms with van der Waals surface area (Å²) in [7, 11) is 17.0. The molecule has 0 radical (unpaired) electrons. The number of aryl methyl sites for hydroxylation is 2. The van der Waals surface area contributed by atoms with Gasteiger partial charge in [0.05, 0.1) is 0 Å². The first kappa shape index (κ1) is 32.0. The minimum atomic E-state index is -4.72. The normalized spacial score (nSPS) is 18.5. The number of hydrogen-bond donors (Lipinski definition) is 0. The Kier molecular flexibility index (Phi) is 8.06. The maximum atomic E-state index is 8.49. The van der Waals surface area contributed by atoms with Crippen LogP contribution in [0.25, 0.3) is 34.4 Å². The molecule has 0 nitrogen and oxygen atoms in total. The summed E-state index contributed by atoms with van der Waals surface area (Å²) in [4.78, 5) is 0. The molecular formula is C40H45Cl2SiZr. The molecule has 2 unspecified atom stereocenters. The number of fused-ring (bicyclic) bond motifs is 2. The molecule has 0 amide bonds. The van der Waals surface area contributed by atoms with Gasteiger partial charge in [0.1, 0.15) is 0 Å². The van der Waals surface area contributed by atoms with Gasteiger partial charge in [0.15, 0.2) is 0 Å². The molecule has 0 aromatic heterocycles. The van der Waals surface area contributed by atoms with Gasteiger partial charge >= 0.3 is 276 Å². The van der Waals surface area contributed by atoms with Gasteiger partial charge in [-0.1, -0.05) is 0 Å². The predicted molar refractivity (Wildman–Crippen MR) is 196 cm³/mol. The zero-order valence-electron chi connectivity index (χ0n) is 27.9. The van der Waals surface area contributed by atoms with E-state index in [1.165, 1.54) is 89.0 Å². The number of hydrogen-bond acceptors (Lipinski definition) is 0. The van der Waals surface area contributed by atoms with E-state index < -0.39 is 21.5 Å². The fourth-order valence-electron chi connectivity index (χ4n) is 8.37. The molecule has 0 fully saturated rings. The zero-order chi connectivity index (χ0) is 31.9. The summed E-state index contributed by atoms with van der Waals surface area (Å²) in [6.07, 6.45) is 4.84. The molecule has 4 heteroatoms. The summed E-state index contributed by atoms with van der Waals surface area (Å²) >= 11 is -4.72. The van der Waals surface area contributed by atoms with E-state index in [-0.39, 0.29) is 7.25 Å². The standard InChI is InChI=1S/2C19H19.C2H7Si.2ClH.Zr/c2*1-12-10-16-6-5-7-18(19(16)11-12)17-9-8-13(2)14(3)15(17)4;1-3-2;;;/h2*5-11H,1-4H3;3H,1-2H3;2*1H;/q;;;;;+2/p-2. The molecule has 227 valence electrons. The van der Waals surface area contributed by atoms with E-state index in [9.17, 15) is 0 Å². The molecule has 0 heterocycles. The molecule has 2 aliphatic carbocycles. The molecular weight excluding hydrogens is 671 g/mol. The fourth-order valence-corrected chi connectivity index (χ4v) is 41.3. The van der Waals surface area contributed by atoms with Crippen LogP contribution < -0.4 is 0 Å². The quantitative estimate of drug-likeness (QED) is 0.181. The molecule has 4 aromatic rings. The Morgan fingerprint density at radius 2 is 0.886 bits per heavy atom. The van der Waals surface area contributed by atoms with E-state index in [2.05, 4.69) is 141 Å². The van der Waals surface area contributed by atoms with E-state index in [0.717, 1.165) is 0 Å². The average Bonchev–Trinajstić information content (AvgIpc) is 3.51. The van der Waals surface area contributed by atoms with Gasteiger partial charge in [-0.25, -0.2) is 0 Å². The van der Waals surface area contributed by atoms with Crippen LogP contribution in [0.3, 0.4) is 0 Å². The van der Waals surface area contributed by atoms with Crippen molar-refractivity contribution in [2.45, 2.75) is 75.7 Å². The average molecular weight is 716 g/mol. The summed E-state index contributed by atoms with van der Waals surface area (Å²) in [5, 5.41) is 0. The summed E-state index contributed by atoms with van der Waals surface area (Å²) in [5.41, 5.74) is 21.3. The Bertz CT molecular complexity index is 1790. The van der Waals surface area contributed by atoms with E-state index in [0.29, 0.717) is 0 Å². The molecule has 0 spiro atoms. The van der Waals surface area contributed by atoms with E-state index in [4.69, 9.17) is 17.0 Å². The van der Waals surface area contributed by atoms with E-state index in [1.54, 1.807) is 0 Å². The van der Waals surface area contributed by atoms with E-state index in [1.807, 2.05) is 0 Å². The van der Waals surface area contributed by atoms with Crippen LogP contribution in [0.1, 0.15) is 76.7 Å². The molecule has 4 aromatic carbocycles. The van der Waals surface area contributed by atoms with Crippen molar-refractivity contribution >= 4 is 35.1 Å². The first-order valence-corrected chi connectivity index (χ1v) is 32.3. The third kappa shape index (κ3) is 4.53. The SMILES string of the molecule is CC1=Cc2c(-c3ccc(C)c(C)c3C)cccc2[CH]1[Zr]([Cl])([Cl])([CH]1C(C)=Cc2c(-c3ccc(C)c(C)c3C)cccc21)[SiH](C)C. The van der Waals surface area contributed by atoms with Crippen LogP contribution in [0.2, 0.25) is 13.1 Å². The first-order chi connectivity index (χ1) is 20.7. The van der Waals surface area contributed by atoms with Gasteiger partial charge in [0.2, 0.25) is 0 Å². The molecule has 0 N–H and O–H groups in total. The molecule has 0 bridgehead atoms. The third-order valence-electron chi connectivity index (χ3n) is 11.5. The second-order valence-electron chi connectivity index (χ2n) is 14.0. The first-order valence-electron chi connectivity index (χ1n) is 16.0. The Morgan fingerprint density at radius 1 is 0.500 bits per heavy atom. The third-order valence-corrected chi connectivity index (χ3v) is 63.7. The number of halogens is 2. The molecule has 6 rings (SSSR count). The van der Waals surface area contributed by atoms with Crippen molar-refractivity contribution in [2.75, 3.05) is 0 Å². The van der Waals surface area contributed by atoms with Crippen LogP contribution >= 0.6 is 17.0 Å². The number of rotatable bonds is 5. The van der Waals surface area contributed by atoms with Gasteiger partial charge in [-0.2, -0.15) is 0 Å². The Labute approximate surface area is 274 Å². The molecule has 0 saturated carbocycles. The maximum absolute atomic E-state index is 8.49. The summed E-state index contributed by atoms with van der Waals surface area (Å²) in [5.74, 6) is -1.59. The number of benzene rings is 4. The van der Waals surface area contributed by atoms with Crippen LogP contribution in [0.5, 0.6) is 0 Å². The van der Waals surface area contributed by atoms with Crippen molar-refractivity contribution in [3.05, 3.63) is 127 Å². The van der Waals surface area contributed by atoms with Crippen molar-refractivity contribution in [3.8, 4) is 22.3 Å². The molecule has 2 aliphatic rings. The van der Waals surface area contributed by atoms with Gasteiger partial charge in [-0.3, -0.25) is 0 Å². The summed E-state index contributed by atoms with van der Waals surface area (Å²) in [6.45, 7) is 22.8. The van der Waals surface area contributed by atoms with Crippen molar-refractivity contribution < 1.29 is 15.6 Å². The van der Waals surface area contributed by atoms with Crippen molar-refractivity contribution in [1.29, 1.82) is 0 Å². The van der Waals surface area contributed by atoms with Crippen LogP contribution in [-0.2, 0) is 15.6 Å². The second kappa shape index (κ2) is 11.1. The Balaban J connectivity index is 1.56. The summed E-state index contributed by atoms with van der Waals surface area (Å²) in [6, 6.07) is 22.8. The number of allylic oxidation sites excluding steroid dienone is 2. The zero-order valence-corrected chi connectivity index (χ0v) is 33.0. The van der Waals surface area contributed by atoms with Crippen molar-refractivity contribution in [1.82, 2.24) is 0 Å². The Hall–Kier alpha value is -1.96. The summed E-state index contributed by atoms with van der Waals surface area (Å²) < 4.78 is 0.194. The molecule has 44 heavy (non-hydrogen) atoms. The van der Waals surface area contributed by atoms with Crippen LogP contribution in [0, 0.1) is 41.5 Å². The van der Waals surface area contributed by atoms with Gasteiger partial charge in [-0.15, -0.1) is 0 Å². The second-order valence-corrected chi connectivity index (χ2v) is 56.5. The predicted octanol–water partition coefficient (Wildman–Crippen LogP) is 12.5. The van der Waals surface area contributed by atoms with Crippen LogP contribution in [0.15, 0.2) is 71.8 Å². The monoisotopic (exact) mass is 713 g/mol. The van der Waals surface area contributed by atoms with E-state index >= 15 is 0 Å². The fraction of sp³-hybridized carbons (Fsp3) is 0.300. The van der Waals surface area contributed by atoms with Crippen molar-refractivity contribution in [2.24, 2.45) is 0 Å². The van der Waals surface area contributed by atoms with Crippen LogP contribution in [0.4, 0.5) is 0 Å². The van der Waals surface area contributed by atoms with Gasteiger partial charge in [0, 0.05) is 0 Å². The topological polar surface area (TPSA) is 0 Å². The van der Waals surface area contributed by atoms with Gasteiger partial charge in [-0.05, 0) is 0 Å². The molecule has 0 aliphatic heterocycles. The van der Waals surface area contributed by atoms with Crippen molar-refractivity contribution in [3.63, 3.8) is 0 Å².